The van der Waals surface area contributed by atoms with Crippen molar-refractivity contribution in [2.24, 2.45) is 0 Å². The first kappa shape index (κ1) is 22.6. The van der Waals surface area contributed by atoms with Crippen LogP contribution in [0.2, 0.25) is 0 Å². The van der Waals surface area contributed by atoms with Gasteiger partial charge in [-0.25, -0.2) is 4.39 Å². The minimum atomic E-state index is -0.586. The summed E-state index contributed by atoms with van der Waals surface area (Å²) in [6, 6.07) is 13.3. The number of para-hydroxylation sites is 1. The van der Waals surface area contributed by atoms with Crippen LogP contribution in [-0.2, 0) is 4.79 Å². The van der Waals surface area contributed by atoms with Crippen LogP contribution in [0.25, 0.3) is 0 Å². The third-order valence-electron chi connectivity index (χ3n) is 5.12. The van der Waals surface area contributed by atoms with Crippen LogP contribution < -0.4 is 10.2 Å². The van der Waals surface area contributed by atoms with Gasteiger partial charge < -0.3 is 15.1 Å². The first-order valence-electron chi connectivity index (χ1n) is 9.84. The van der Waals surface area contributed by atoms with Gasteiger partial charge in [0.05, 0.1) is 11.3 Å². The molecule has 1 fully saturated rings. The summed E-state index contributed by atoms with van der Waals surface area (Å²) in [5, 5.41) is 2.91. The highest BCUT2D eigenvalue weighted by molar-refractivity contribution is 9.10. The van der Waals surface area contributed by atoms with Crippen molar-refractivity contribution in [3.63, 3.8) is 0 Å². The molecule has 8 heteroatoms. The van der Waals surface area contributed by atoms with Crippen LogP contribution in [0.15, 0.2) is 53.0 Å². The van der Waals surface area contributed by atoms with Crippen LogP contribution in [0.4, 0.5) is 10.1 Å². The van der Waals surface area contributed by atoms with Gasteiger partial charge >= 0.3 is 0 Å². The van der Waals surface area contributed by atoms with Crippen LogP contribution in [0.3, 0.4) is 0 Å². The molecule has 1 aliphatic heterocycles. The summed E-state index contributed by atoms with van der Waals surface area (Å²) < 4.78 is 14.8. The number of carbonyl (C=O) groups is 2. The van der Waals surface area contributed by atoms with Gasteiger partial charge in [-0.05, 0) is 58.6 Å². The quantitative estimate of drug-likeness (QED) is 0.637. The molecule has 0 radical (unpaired) electrons. The number of hydrogen-bond donors (Lipinski definition) is 1. The molecule has 1 unspecified atom stereocenters. The molecule has 2 aromatic carbocycles. The van der Waals surface area contributed by atoms with E-state index in [1.165, 1.54) is 6.07 Å². The number of benzene rings is 2. The van der Waals surface area contributed by atoms with Crippen LogP contribution >= 0.6 is 27.7 Å². The minimum Gasteiger partial charge on any atom is -0.366 e. The highest BCUT2D eigenvalue weighted by Gasteiger charge is 2.29. The highest BCUT2D eigenvalue weighted by Crippen LogP contribution is 2.21. The number of rotatable bonds is 7. The molecule has 1 N–H and O–H groups in total. The Hall–Kier alpha value is -2.06. The molecule has 3 rings (SSSR count). The molecule has 2 aromatic rings. The maximum Gasteiger partial charge on any atom is 0.253 e. The average Bonchev–Trinajstić information content (AvgIpc) is 2.77. The van der Waals surface area contributed by atoms with Gasteiger partial charge in [0.2, 0.25) is 5.91 Å². The van der Waals surface area contributed by atoms with Crippen molar-refractivity contribution in [2.75, 3.05) is 43.1 Å². The number of hydrogen-bond acceptors (Lipinski definition) is 4. The zero-order valence-electron chi connectivity index (χ0n) is 16.8. The van der Waals surface area contributed by atoms with Crippen molar-refractivity contribution in [3.8, 4) is 0 Å². The van der Waals surface area contributed by atoms with Gasteiger partial charge in [-0.15, -0.1) is 0 Å². The van der Waals surface area contributed by atoms with Gasteiger partial charge in [-0.3, -0.25) is 9.59 Å². The number of anilines is 1. The van der Waals surface area contributed by atoms with E-state index in [4.69, 9.17) is 0 Å². The second kappa shape index (κ2) is 10.8. The summed E-state index contributed by atoms with van der Waals surface area (Å²) in [4.78, 5) is 29.6. The fraction of sp³-hybridized carbons (Fsp3) is 0.364. The van der Waals surface area contributed by atoms with Crippen molar-refractivity contribution in [2.45, 2.75) is 12.5 Å². The monoisotopic (exact) mass is 493 g/mol. The third-order valence-corrected chi connectivity index (χ3v) is 6.45. The van der Waals surface area contributed by atoms with Gasteiger partial charge in [-0.1, -0.05) is 24.3 Å². The highest BCUT2D eigenvalue weighted by atomic mass is 79.9. The lowest BCUT2D eigenvalue weighted by molar-refractivity contribution is -0.133. The Bertz CT molecular complexity index is 890. The second-order valence-corrected chi connectivity index (χ2v) is 8.89. The molecule has 0 aliphatic carbocycles. The van der Waals surface area contributed by atoms with Gasteiger partial charge in [-0.2, -0.15) is 11.8 Å². The molecule has 0 aromatic heterocycles. The third kappa shape index (κ3) is 5.55. The molecule has 0 bridgehead atoms. The number of halogens is 2. The van der Waals surface area contributed by atoms with Gasteiger partial charge in [0, 0.05) is 30.7 Å². The SMILES string of the molecule is CSCCC(NC(=O)c1ccccc1Br)C(=O)N1CCN(c2ccccc2F)CC1. The molecule has 1 atom stereocenters. The summed E-state index contributed by atoms with van der Waals surface area (Å²) in [6.07, 6.45) is 2.54. The molecule has 1 aliphatic rings. The molecular formula is C22H25BrFN3O2S. The average molecular weight is 494 g/mol. The van der Waals surface area contributed by atoms with Gasteiger partial charge in [0.25, 0.3) is 5.91 Å². The molecule has 2 amide bonds. The van der Waals surface area contributed by atoms with E-state index in [0.29, 0.717) is 48.3 Å². The van der Waals surface area contributed by atoms with E-state index in [-0.39, 0.29) is 17.6 Å². The Morgan fingerprint density at radius 1 is 1.10 bits per heavy atom. The maximum atomic E-state index is 14.1. The van der Waals surface area contributed by atoms with Crippen molar-refractivity contribution in [1.82, 2.24) is 10.2 Å². The van der Waals surface area contributed by atoms with E-state index in [0.717, 1.165) is 5.75 Å². The van der Waals surface area contributed by atoms with E-state index >= 15 is 0 Å². The lowest BCUT2D eigenvalue weighted by Gasteiger charge is -2.37. The molecule has 0 saturated carbocycles. The molecule has 5 nitrogen and oxygen atoms in total. The fourth-order valence-electron chi connectivity index (χ4n) is 3.47. The van der Waals surface area contributed by atoms with Crippen molar-refractivity contribution in [3.05, 3.63) is 64.4 Å². The number of amides is 2. The second-order valence-electron chi connectivity index (χ2n) is 7.05. The van der Waals surface area contributed by atoms with Crippen molar-refractivity contribution in [1.29, 1.82) is 0 Å². The largest absolute Gasteiger partial charge is 0.366 e. The first-order valence-corrected chi connectivity index (χ1v) is 12.0. The number of piperazine rings is 1. The Labute approximate surface area is 189 Å². The first-order chi connectivity index (χ1) is 14.5. The zero-order valence-corrected chi connectivity index (χ0v) is 19.2. The van der Waals surface area contributed by atoms with Crippen LogP contribution in [0.1, 0.15) is 16.8 Å². The topological polar surface area (TPSA) is 52.7 Å². The van der Waals surface area contributed by atoms with Crippen LogP contribution in [-0.4, -0.2) is 60.9 Å². The van der Waals surface area contributed by atoms with Crippen LogP contribution in [0.5, 0.6) is 0 Å². The molecule has 160 valence electrons. The summed E-state index contributed by atoms with van der Waals surface area (Å²) >= 11 is 5.03. The maximum absolute atomic E-state index is 14.1. The Morgan fingerprint density at radius 3 is 2.43 bits per heavy atom. The van der Waals surface area contributed by atoms with Gasteiger partial charge in [0.15, 0.2) is 0 Å². The van der Waals surface area contributed by atoms with E-state index in [9.17, 15) is 14.0 Å². The van der Waals surface area contributed by atoms with E-state index in [1.807, 2.05) is 23.3 Å². The summed E-state index contributed by atoms with van der Waals surface area (Å²) in [5.41, 5.74) is 1.06. The van der Waals surface area contributed by atoms with E-state index < -0.39 is 6.04 Å². The molecule has 0 spiro atoms. The number of carbonyl (C=O) groups excluding carboxylic acids is 2. The Morgan fingerprint density at radius 2 is 1.77 bits per heavy atom. The zero-order chi connectivity index (χ0) is 21.5. The predicted molar refractivity (Wildman–Crippen MR) is 124 cm³/mol. The molecular weight excluding hydrogens is 469 g/mol. The van der Waals surface area contributed by atoms with E-state index in [1.54, 1.807) is 47.0 Å². The Kier molecular flexibility index (Phi) is 8.16. The summed E-state index contributed by atoms with van der Waals surface area (Å²) in [6.45, 7) is 2.10. The van der Waals surface area contributed by atoms with Crippen molar-refractivity contribution < 1.29 is 14.0 Å². The minimum absolute atomic E-state index is 0.0855. The lowest BCUT2D eigenvalue weighted by Crippen LogP contribution is -2.55. The molecule has 1 heterocycles. The number of nitrogens with zero attached hydrogens (tertiary/aromatic N) is 2. The van der Waals surface area contributed by atoms with Crippen LogP contribution in [0, 0.1) is 5.82 Å². The van der Waals surface area contributed by atoms with Crippen molar-refractivity contribution >= 4 is 45.2 Å². The number of thioether (sulfide) groups is 1. The predicted octanol–water partition coefficient (Wildman–Crippen LogP) is 3.79. The smallest absolute Gasteiger partial charge is 0.253 e. The Balaban J connectivity index is 1.65. The van der Waals surface area contributed by atoms with Gasteiger partial charge in [0.1, 0.15) is 11.9 Å². The molecule has 1 saturated heterocycles. The van der Waals surface area contributed by atoms with E-state index in [2.05, 4.69) is 21.2 Å². The standard InChI is InChI=1S/C22H25BrFN3O2S/c1-30-15-10-19(25-21(28)16-6-2-3-7-17(16)23)22(29)27-13-11-26(12-14-27)20-9-5-4-8-18(20)24/h2-9,19H,10-15H2,1H3,(H,25,28). The normalized spacial score (nSPS) is 15.0. The molecule has 30 heavy (non-hydrogen) atoms. The lowest BCUT2D eigenvalue weighted by atomic mass is 10.1. The summed E-state index contributed by atoms with van der Waals surface area (Å²) in [5.74, 6) is 0.155. The number of nitrogens with one attached hydrogen (secondary N) is 1. The summed E-state index contributed by atoms with van der Waals surface area (Å²) in [7, 11) is 0. The fourth-order valence-corrected chi connectivity index (χ4v) is 4.41.